The Morgan fingerprint density at radius 3 is 2.19 bits per heavy atom. The van der Waals surface area contributed by atoms with Crippen LogP contribution in [0, 0.1) is 27.7 Å². The van der Waals surface area contributed by atoms with Gasteiger partial charge in [0.25, 0.3) is 0 Å². The molecule has 0 aliphatic carbocycles. The zero-order chi connectivity index (χ0) is 19.3. The quantitative estimate of drug-likeness (QED) is 0.446. The number of aliphatic carboxylic acids is 1. The van der Waals surface area contributed by atoms with Gasteiger partial charge in [-0.05, 0) is 23.8 Å². The number of anilines is 1. The van der Waals surface area contributed by atoms with Crippen LogP contribution in [0.3, 0.4) is 0 Å². The maximum absolute atomic E-state index is 14.1. The van der Waals surface area contributed by atoms with E-state index in [9.17, 15) is 33.6 Å². The van der Waals surface area contributed by atoms with Crippen molar-refractivity contribution in [2.75, 3.05) is 11.9 Å². The van der Waals surface area contributed by atoms with E-state index in [0.29, 0.717) is 0 Å². The molecule has 0 spiro atoms. The second-order valence-corrected chi connectivity index (χ2v) is 5.43. The molecule has 2 atom stereocenters. The van der Waals surface area contributed by atoms with Gasteiger partial charge < -0.3 is 10.4 Å². The lowest BCUT2D eigenvalue weighted by Gasteiger charge is -2.21. The summed E-state index contributed by atoms with van der Waals surface area (Å²) in [5, 5.41) is 22.5. The van der Waals surface area contributed by atoms with Crippen LogP contribution in [0.2, 0.25) is 0 Å². The molecule has 9 heteroatoms. The molecule has 0 aliphatic heterocycles. The standard InChI is InChI=1S/C17H14F2N2O5/c18-12-6-2-1-5-10(12)11(9-21(25)26)15(17(23)24)16(22)20-14-8-4-3-7-13(14)19/h1-8,11,15H,9H2,(H,20,22)(H,23,24). The van der Waals surface area contributed by atoms with Crippen molar-refractivity contribution < 1.29 is 28.4 Å². The van der Waals surface area contributed by atoms with Crippen molar-refractivity contribution in [2.45, 2.75) is 5.92 Å². The van der Waals surface area contributed by atoms with Crippen LogP contribution in [0.25, 0.3) is 0 Å². The first kappa shape index (κ1) is 19.0. The predicted octanol–water partition coefficient (Wildman–Crippen LogP) is 2.66. The summed E-state index contributed by atoms with van der Waals surface area (Å²) >= 11 is 0. The average Bonchev–Trinajstić information content (AvgIpc) is 2.56. The highest BCUT2D eigenvalue weighted by molar-refractivity contribution is 6.05. The van der Waals surface area contributed by atoms with Gasteiger partial charge in [0, 0.05) is 4.92 Å². The largest absolute Gasteiger partial charge is 0.481 e. The fraction of sp³-hybridized carbons (Fsp3) is 0.176. The second-order valence-electron chi connectivity index (χ2n) is 5.43. The van der Waals surface area contributed by atoms with Gasteiger partial charge in [0.15, 0.2) is 0 Å². The van der Waals surface area contributed by atoms with E-state index in [2.05, 4.69) is 5.32 Å². The Labute approximate surface area is 146 Å². The number of nitro groups is 1. The van der Waals surface area contributed by atoms with E-state index in [4.69, 9.17) is 0 Å². The Morgan fingerprint density at radius 2 is 1.65 bits per heavy atom. The molecule has 0 heterocycles. The smallest absolute Gasteiger partial charge is 0.316 e. The number of carboxylic acids is 1. The fourth-order valence-electron chi connectivity index (χ4n) is 2.56. The molecule has 26 heavy (non-hydrogen) atoms. The number of hydrogen-bond donors (Lipinski definition) is 2. The van der Waals surface area contributed by atoms with Gasteiger partial charge in [0.2, 0.25) is 12.5 Å². The van der Waals surface area contributed by atoms with E-state index >= 15 is 0 Å². The lowest BCUT2D eigenvalue weighted by Crippen LogP contribution is -2.37. The van der Waals surface area contributed by atoms with Crippen molar-refractivity contribution in [3.05, 3.63) is 75.8 Å². The van der Waals surface area contributed by atoms with Crippen LogP contribution in [0.1, 0.15) is 11.5 Å². The Balaban J connectivity index is 2.42. The molecule has 2 unspecified atom stereocenters. The number of carbonyl (C=O) groups is 2. The topological polar surface area (TPSA) is 110 Å². The molecule has 2 rings (SSSR count). The summed E-state index contributed by atoms with van der Waals surface area (Å²) < 4.78 is 27.7. The SMILES string of the molecule is O=C(O)C(C(=O)Nc1ccccc1F)C(C[N+](=O)[O-])c1ccccc1F. The van der Waals surface area contributed by atoms with Crippen molar-refractivity contribution in [1.82, 2.24) is 0 Å². The van der Waals surface area contributed by atoms with Crippen LogP contribution >= 0.6 is 0 Å². The monoisotopic (exact) mass is 364 g/mol. The molecular formula is C17H14F2N2O5. The highest BCUT2D eigenvalue weighted by Gasteiger charge is 2.40. The number of nitrogens with one attached hydrogen (secondary N) is 1. The third-order valence-electron chi connectivity index (χ3n) is 3.73. The molecule has 0 aromatic heterocycles. The van der Waals surface area contributed by atoms with Gasteiger partial charge in [-0.15, -0.1) is 0 Å². The Kier molecular flexibility index (Phi) is 5.94. The minimum atomic E-state index is -1.99. The molecule has 0 bridgehead atoms. The molecule has 7 nitrogen and oxygen atoms in total. The van der Waals surface area contributed by atoms with Crippen LogP contribution in [-0.4, -0.2) is 28.5 Å². The van der Waals surface area contributed by atoms with E-state index in [1.54, 1.807) is 0 Å². The van der Waals surface area contributed by atoms with E-state index in [1.807, 2.05) is 0 Å². The number of para-hydroxylation sites is 1. The number of carbonyl (C=O) groups excluding carboxylic acids is 1. The van der Waals surface area contributed by atoms with Gasteiger partial charge in [-0.1, -0.05) is 30.3 Å². The van der Waals surface area contributed by atoms with E-state index in [-0.39, 0.29) is 11.3 Å². The molecule has 0 saturated carbocycles. The number of amides is 1. The summed E-state index contributed by atoms with van der Waals surface area (Å²) in [6.45, 7) is -0.984. The summed E-state index contributed by atoms with van der Waals surface area (Å²) in [6, 6.07) is 9.94. The van der Waals surface area contributed by atoms with Crippen LogP contribution in [0.5, 0.6) is 0 Å². The number of hydrogen-bond acceptors (Lipinski definition) is 4. The molecule has 0 aliphatic rings. The highest BCUT2D eigenvalue weighted by Crippen LogP contribution is 2.29. The van der Waals surface area contributed by atoms with E-state index in [0.717, 1.165) is 12.1 Å². The minimum Gasteiger partial charge on any atom is -0.481 e. The van der Waals surface area contributed by atoms with Gasteiger partial charge in [-0.2, -0.15) is 0 Å². The lowest BCUT2D eigenvalue weighted by molar-refractivity contribution is -0.484. The summed E-state index contributed by atoms with van der Waals surface area (Å²) in [7, 11) is 0. The van der Waals surface area contributed by atoms with Crippen LogP contribution in [-0.2, 0) is 9.59 Å². The van der Waals surface area contributed by atoms with Gasteiger partial charge in [-0.3, -0.25) is 19.7 Å². The van der Waals surface area contributed by atoms with Gasteiger partial charge in [0.05, 0.1) is 11.6 Å². The predicted molar refractivity (Wildman–Crippen MR) is 87.2 cm³/mol. The Bertz CT molecular complexity index is 843. The summed E-state index contributed by atoms with van der Waals surface area (Å²) in [5.41, 5.74) is -0.558. The van der Waals surface area contributed by atoms with Gasteiger partial charge >= 0.3 is 5.97 Å². The van der Waals surface area contributed by atoms with Gasteiger partial charge in [-0.25, -0.2) is 8.78 Å². The van der Waals surface area contributed by atoms with Crippen molar-refractivity contribution in [3.63, 3.8) is 0 Å². The molecule has 2 N–H and O–H groups in total. The summed E-state index contributed by atoms with van der Waals surface area (Å²) in [4.78, 5) is 34.2. The zero-order valence-corrected chi connectivity index (χ0v) is 13.3. The molecule has 136 valence electrons. The lowest BCUT2D eigenvalue weighted by atomic mass is 9.84. The van der Waals surface area contributed by atoms with Gasteiger partial charge in [0.1, 0.15) is 17.6 Å². The molecule has 0 radical (unpaired) electrons. The molecule has 2 aromatic carbocycles. The molecular weight excluding hydrogens is 350 g/mol. The highest BCUT2D eigenvalue weighted by atomic mass is 19.1. The molecule has 0 fully saturated rings. The molecule has 1 amide bonds. The number of benzene rings is 2. The maximum atomic E-state index is 14.1. The van der Waals surface area contributed by atoms with Crippen molar-refractivity contribution in [3.8, 4) is 0 Å². The summed E-state index contributed by atoms with van der Waals surface area (Å²) in [5.74, 6) is -8.11. The van der Waals surface area contributed by atoms with Crippen LogP contribution in [0.15, 0.2) is 48.5 Å². The number of halogens is 2. The normalized spacial score (nSPS) is 12.8. The fourth-order valence-corrected chi connectivity index (χ4v) is 2.56. The summed E-state index contributed by atoms with van der Waals surface area (Å²) in [6.07, 6.45) is 0. The van der Waals surface area contributed by atoms with Crippen LogP contribution in [0.4, 0.5) is 14.5 Å². The molecule has 0 saturated heterocycles. The number of nitrogens with zero attached hydrogens (tertiary/aromatic N) is 1. The minimum absolute atomic E-state index is 0.278. The van der Waals surface area contributed by atoms with Crippen molar-refractivity contribution in [2.24, 2.45) is 5.92 Å². The second kappa shape index (κ2) is 8.15. The first-order valence-corrected chi connectivity index (χ1v) is 7.45. The maximum Gasteiger partial charge on any atom is 0.316 e. The Morgan fingerprint density at radius 1 is 1.08 bits per heavy atom. The zero-order valence-electron chi connectivity index (χ0n) is 13.3. The molecule has 2 aromatic rings. The number of rotatable bonds is 7. The van der Waals surface area contributed by atoms with Crippen molar-refractivity contribution in [1.29, 1.82) is 0 Å². The Hall–Kier alpha value is -3.36. The third kappa shape index (κ3) is 4.38. The van der Waals surface area contributed by atoms with Crippen molar-refractivity contribution >= 4 is 17.6 Å². The van der Waals surface area contributed by atoms with E-state index < -0.39 is 46.8 Å². The number of carboxylic acid groups (broad SMARTS) is 1. The first-order valence-electron chi connectivity index (χ1n) is 7.45. The third-order valence-corrected chi connectivity index (χ3v) is 3.73. The van der Waals surface area contributed by atoms with E-state index in [1.165, 1.54) is 36.4 Å². The average molecular weight is 364 g/mol. The van der Waals surface area contributed by atoms with Crippen LogP contribution < -0.4 is 5.32 Å². The first-order chi connectivity index (χ1) is 12.3.